The van der Waals surface area contributed by atoms with Crippen molar-refractivity contribution < 1.29 is 14.3 Å². The molecule has 0 atom stereocenters. The zero-order valence-corrected chi connectivity index (χ0v) is 15.9. The van der Waals surface area contributed by atoms with Gasteiger partial charge in [0.15, 0.2) is 0 Å². The summed E-state index contributed by atoms with van der Waals surface area (Å²) >= 11 is 6.05. The minimum atomic E-state index is -0.398. The van der Waals surface area contributed by atoms with Gasteiger partial charge in [0.25, 0.3) is 11.8 Å². The van der Waals surface area contributed by atoms with Crippen molar-refractivity contribution in [3.8, 4) is 5.75 Å². The molecule has 142 valence electrons. The second kappa shape index (κ2) is 9.01. The molecule has 0 aliphatic heterocycles. The number of anilines is 1. The molecule has 0 radical (unpaired) electrons. The Hall–Kier alpha value is -3.38. The molecule has 0 unspecified atom stereocenters. The smallest absolute Gasteiger partial charge is 0.257 e. The maximum atomic E-state index is 12.4. The number of amides is 2. The summed E-state index contributed by atoms with van der Waals surface area (Å²) in [5, 5.41) is 5.94. The molecule has 0 aliphatic carbocycles. The highest BCUT2D eigenvalue weighted by molar-refractivity contribution is 6.33. The number of benzene rings is 2. The Bertz CT molecular complexity index is 990. The van der Waals surface area contributed by atoms with Gasteiger partial charge in [0, 0.05) is 18.9 Å². The van der Waals surface area contributed by atoms with Crippen LogP contribution in [0.15, 0.2) is 67.0 Å². The van der Waals surface area contributed by atoms with E-state index in [1.165, 1.54) is 18.5 Å². The molecule has 3 aromatic rings. The van der Waals surface area contributed by atoms with Gasteiger partial charge in [0.1, 0.15) is 5.75 Å². The van der Waals surface area contributed by atoms with E-state index in [-0.39, 0.29) is 11.5 Å². The quantitative estimate of drug-likeness (QED) is 0.662. The van der Waals surface area contributed by atoms with Crippen molar-refractivity contribution in [2.75, 3.05) is 12.4 Å². The van der Waals surface area contributed by atoms with Crippen molar-refractivity contribution in [2.45, 2.75) is 6.54 Å². The van der Waals surface area contributed by atoms with Gasteiger partial charge in [-0.1, -0.05) is 35.9 Å². The predicted octanol–water partition coefficient (Wildman–Crippen LogP) is 3.93. The van der Waals surface area contributed by atoms with E-state index in [2.05, 4.69) is 15.6 Å². The summed E-state index contributed by atoms with van der Waals surface area (Å²) in [6.07, 6.45) is 2.81. The van der Waals surface area contributed by atoms with E-state index >= 15 is 0 Å². The highest BCUT2D eigenvalue weighted by Crippen LogP contribution is 2.21. The Labute approximate surface area is 167 Å². The fourth-order valence-electron chi connectivity index (χ4n) is 2.47. The molecule has 2 aromatic carbocycles. The molecule has 3 rings (SSSR count). The minimum Gasteiger partial charge on any atom is -0.497 e. The van der Waals surface area contributed by atoms with Crippen molar-refractivity contribution in [3.63, 3.8) is 0 Å². The molecule has 2 N–H and O–H groups in total. The van der Waals surface area contributed by atoms with Crippen LogP contribution in [0.4, 0.5) is 5.69 Å². The standard InChI is InChI=1S/C21H18ClN3O3/c1-28-17-8-6-14(7-9-17)11-24-20(26)15-10-16(13-23-12-15)21(27)25-19-5-3-2-4-18(19)22/h2-10,12-13H,11H2,1H3,(H,24,26)(H,25,27). The number of hydrogen-bond acceptors (Lipinski definition) is 4. The normalized spacial score (nSPS) is 10.2. The molecule has 0 saturated heterocycles. The number of ether oxygens (including phenoxy) is 1. The van der Waals surface area contributed by atoms with Gasteiger partial charge in [-0.25, -0.2) is 0 Å². The lowest BCUT2D eigenvalue weighted by molar-refractivity contribution is 0.0950. The second-order valence-electron chi connectivity index (χ2n) is 5.93. The molecule has 28 heavy (non-hydrogen) atoms. The second-order valence-corrected chi connectivity index (χ2v) is 6.33. The average molecular weight is 396 g/mol. The van der Waals surface area contributed by atoms with Gasteiger partial charge in [-0.2, -0.15) is 0 Å². The van der Waals surface area contributed by atoms with Crippen LogP contribution in [-0.2, 0) is 6.54 Å². The third-order valence-electron chi connectivity index (χ3n) is 4.00. The maximum Gasteiger partial charge on any atom is 0.257 e. The van der Waals surface area contributed by atoms with Gasteiger partial charge in [-0.15, -0.1) is 0 Å². The Kier molecular flexibility index (Phi) is 6.24. The molecule has 7 heteroatoms. The number of nitrogens with zero attached hydrogens (tertiary/aromatic N) is 1. The van der Waals surface area contributed by atoms with Crippen LogP contribution < -0.4 is 15.4 Å². The fourth-order valence-corrected chi connectivity index (χ4v) is 2.66. The maximum absolute atomic E-state index is 12.4. The number of carbonyl (C=O) groups excluding carboxylic acids is 2. The van der Waals surface area contributed by atoms with Gasteiger partial charge in [0.2, 0.25) is 0 Å². The Morgan fingerprint density at radius 3 is 2.36 bits per heavy atom. The predicted molar refractivity (Wildman–Crippen MR) is 108 cm³/mol. The first-order chi connectivity index (χ1) is 13.6. The topological polar surface area (TPSA) is 80.3 Å². The van der Waals surface area contributed by atoms with Crippen LogP contribution >= 0.6 is 11.6 Å². The van der Waals surface area contributed by atoms with Crippen molar-refractivity contribution in [3.05, 3.63) is 88.7 Å². The molecule has 0 spiro atoms. The summed E-state index contributed by atoms with van der Waals surface area (Å²) in [5.74, 6) is 0.0256. The number of carbonyl (C=O) groups is 2. The third-order valence-corrected chi connectivity index (χ3v) is 4.33. The van der Waals surface area contributed by atoms with Crippen LogP contribution in [-0.4, -0.2) is 23.9 Å². The first-order valence-corrected chi connectivity index (χ1v) is 8.86. The number of aromatic nitrogens is 1. The largest absolute Gasteiger partial charge is 0.497 e. The van der Waals surface area contributed by atoms with E-state index < -0.39 is 5.91 Å². The summed E-state index contributed by atoms with van der Waals surface area (Å²) in [4.78, 5) is 28.8. The first-order valence-electron chi connectivity index (χ1n) is 8.49. The minimum absolute atomic E-state index is 0.261. The number of rotatable bonds is 6. The van der Waals surface area contributed by atoms with Crippen LogP contribution in [0.3, 0.4) is 0 Å². The van der Waals surface area contributed by atoms with E-state index in [1.807, 2.05) is 24.3 Å². The average Bonchev–Trinajstić information content (AvgIpc) is 2.74. The molecular weight excluding hydrogens is 378 g/mol. The SMILES string of the molecule is COc1ccc(CNC(=O)c2cncc(C(=O)Nc3ccccc3Cl)c2)cc1. The van der Waals surface area contributed by atoms with Crippen molar-refractivity contribution in [2.24, 2.45) is 0 Å². The van der Waals surface area contributed by atoms with Crippen LogP contribution in [0.2, 0.25) is 5.02 Å². The zero-order chi connectivity index (χ0) is 19.9. The zero-order valence-electron chi connectivity index (χ0n) is 15.1. The molecule has 6 nitrogen and oxygen atoms in total. The molecule has 0 aliphatic rings. The first kappa shape index (κ1) is 19.4. The van der Waals surface area contributed by atoms with Gasteiger partial charge >= 0.3 is 0 Å². The van der Waals surface area contributed by atoms with Gasteiger partial charge < -0.3 is 15.4 Å². The molecule has 0 saturated carbocycles. The van der Waals surface area contributed by atoms with Crippen molar-refractivity contribution in [1.82, 2.24) is 10.3 Å². The lowest BCUT2D eigenvalue weighted by Crippen LogP contribution is -2.23. The number of hydrogen-bond donors (Lipinski definition) is 2. The fraction of sp³-hybridized carbons (Fsp3) is 0.0952. The van der Waals surface area contributed by atoms with E-state index in [9.17, 15) is 9.59 Å². The number of methoxy groups -OCH3 is 1. The summed E-state index contributed by atoms with van der Waals surface area (Å²) in [6.45, 7) is 0.346. The summed E-state index contributed by atoms with van der Waals surface area (Å²) in [7, 11) is 1.60. The molecular formula is C21H18ClN3O3. The van der Waals surface area contributed by atoms with Gasteiger partial charge in [0.05, 0.1) is 28.9 Å². The van der Waals surface area contributed by atoms with Gasteiger partial charge in [-0.3, -0.25) is 14.6 Å². The summed E-state index contributed by atoms with van der Waals surface area (Å²) in [6, 6.07) is 15.8. The van der Waals surface area contributed by atoms with Crippen molar-refractivity contribution >= 4 is 29.1 Å². The highest BCUT2D eigenvalue weighted by atomic mass is 35.5. The monoisotopic (exact) mass is 395 g/mol. The lowest BCUT2D eigenvalue weighted by Gasteiger charge is -2.09. The van der Waals surface area contributed by atoms with Crippen LogP contribution in [0.25, 0.3) is 0 Å². The number of para-hydroxylation sites is 1. The highest BCUT2D eigenvalue weighted by Gasteiger charge is 2.12. The molecule has 1 aromatic heterocycles. The molecule has 1 heterocycles. The molecule has 0 fully saturated rings. The summed E-state index contributed by atoms with van der Waals surface area (Å²) < 4.78 is 5.11. The van der Waals surface area contributed by atoms with Gasteiger partial charge in [-0.05, 0) is 35.9 Å². The van der Waals surface area contributed by atoms with Crippen LogP contribution in [0.5, 0.6) is 5.75 Å². The van der Waals surface area contributed by atoms with E-state index in [4.69, 9.17) is 16.3 Å². The number of halogens is 1. The Morgan fingerprint density at radius 2 is 1.68 bits per heavy atom. The lowest BCUT2D eigenvalue weighted by atomic mass is 10.1. The Balaban J connectivity index is 1.65. The molecule has 2 amide bonds. The molecule has 0 bridgehead atoms. The van der Waals surface area contributed by atoms with E-state index in [0.29, 0.717) is 22.8 Å². The van der Waals surface area contributed by atoms with Crippen molar-refractivity contribution in [1.29, 1.82) is 0 Å². The van der Waals surface area contributed by atoms with E-state index in [1.54, 1.807) is 31.4 Å². The number of pyridine rings is 1. The third kappa shape index (κ3) is 4.86. The summed E-state index contributed by atoms with van der Waals surface area (Å²) in [5.41, 5.74) is 1.97. The Morgan fingerprint density at radius 1 is 1.00 bits per heavy atom. The number of nitrogens with one attached hydrogen (secondary N) is 2. The van der Waals surface area contributed by atoms with Crippen LogP contribution in [0.1, 0.15) is 26.3 Å². The van der Waals surface area contributed by atoms with Crippen LogP contribution in [0, 0.1) is 0 Å². The van der Waals surface area contributed by atoms with E-state index in [0.717, 1.165) is 11.3 Å².